The first-order chi connectivity index (χ1) is 12.8. The molecule has 1 aliphatic heterocycles. The number of piperazine rings is 1. The van der Waals surface area contributed by atoms with Gasteiger partial charge in [-0.15, -0.1) is 11.3 Å². The van der Waals surface area contributed by atoms with Gasteiger partial charge in [-0.3, -0.25) is 14.7 Å². The van der Waals surface area contributed by atoms with E-state index >= 15 is 0 Å². The van der Waals surface area contributed by atoms with Crippen LogP contribution in [0.15, 0.2) is 60.2 Å². The molecular formula is C20H20N4OS. The SMILES string of the molecule is O=C(c1csc(-c2cccnc2)n1)N1CCN(Cc2ccccc2)CC1. The lowest BCUT2D eigenvalue weighted by molar-refractivity contribution is 0.0623. The van der Waals surface area contributed by atoms with E-state index in [4.69, 9.17) is 0 Å². The number of amides is 1. The van der Waals surface area contributed by atoms with Gasteiger partial charge >= 0.3 is 0 Å². The summed E-state index contributed by atoms with van der Waals surface area (Å²) < 4.78 is 0. The highest BCUT2D eigenvalue weighted by Gasteiger charge is 2.24. The van der Waals surface area contributed by atoms with Gasteiger partial charge in [-0.25, -0.2) is 4.98 Å². The molecule has 1 saturated heterocycles. The second kappa shape index (κ2) is 7.76. The molecule has 6 heteroatoms. The van der Waals surface area contributed by atoms with E-state index in [9.17, 15) is 4.79 Å². The van der Waals surface area contributed by atoms with Crippen molar-refractivity contribution in [1.29, 1.82) is 0 Å². The fourth-order valence-corrected chi connectivity index (χ4v) is 3.89. The lowest BCUT2D eigenvalue weighted by atomic mass is 10.2. The van der Waals surface area contributed by atoms with Gasteiger partial charge in [0, 0.05) is 56.1 Å². The standard InChI is InChI=1S/C20H20N4OS/c25-20(18-15-26-19(22-18)17-7-4-8-21-13-17)24-11-9-23(10-12-24)14-16-5-2-1-3-6-16/h1-8,13,15H,9-12,14H2. The molecule has 0 saturated carbocycles. The van der Waals surface area contributed by atoms with Gasteiger partial charge in [0.1, 0.15) is 10.7 Å². The van der Waals surface area contributed by atoms with Crippen LogP contribution >= 0.6 is 11.3 Å². The minimum Gasteiger partial charge on any atom is -0.335 e. The number of thiazole rings is 1. The van der Waals surface area contributed by atoms with E-state index in [0.29, 0.717) is 5.69 Å². The minimum absolute atomic E-state index is 0.0238. The Morgan fingerprint density at radius 3 is 2.58 bits per heavy atom. The maximum atomic E-state index is 12.7. The van der Waals surface area contributed by atoms with Crippen LogP contribution in [0, 0.1) is 0 Å². The zero-order valence-corrected chi connectivity index (χ0v) is 15.2. The Hall–Kier alpha value is -2.57. The summed E-state index contributed by atoms with van der Waals surface area (Å²) in [7, 11) is 0. The molecule has 5 nitrogen and oxygen atoms in total. The highest BCUT2D eigenvalue weighted by atomic mass is 32.1. The lowest BCUT2D eigenvalue weighted by Gasteiger charge is -2.34. The monoisotopic (exact) mass is 364 g/mol. The third kappa shape index (κ3) is 3.81. The molecule has 4 rings (SSSR count). The normalized spacial score (nSPS) is 15.2. The second-order valence-corrected chi connectivity index (χ2v) is 7.19. The van der Waals surface area contributed by atoms with Crippen LogP contribution in [0.5, 0.6) is 0 Å². The first-order valence-electron chi connectivity index (χ1n) is 8.71. The molecule has 0 bridgehead atoms. The number of hydrogen-bond donors (Lipinski definition) is 0. The average Bonchev–Trinajstić information content (AvgIpc) is 3.20. The van der Waals surface area contributed by atoms with Crippen molar-refractivity contribution >= 4 is 17.2 Å². The van der Waals surface area contributed by atoms with Crippen LogP contribution in [0.1, 0.15) is 16.1 Å². The summed E-state index contributed by atoms with van der Waals surface area (Å²) >= 11 is 1.49. The van der Waals surface area contributed by atoms with Crippen molar-refractivity contribution < 1.29 is 4.79 Å². The predicted molar refractivity (Wildman–Crippen MR) is 103 cm³/mol. The van der Waals surface area contributed by atoms with Crippen molar-refractivity contribution in [3.63, 3.8) is 0 Å². The molecular weight excluding hydrogens is 344 g/mol. The Labute approximate surface area is 156 Å². The number of carbonyl (C=O) groups excluding carboxylic acids is 1. The predicted octanol–water partition coefficient (Wildman–Crippen LogP) is 3.16. The van der Waals surface area contributed by atoms with Crippen molar-refractivity contribution in [3.05, 3.63) is 71.5 Å². The molecule has 1 aliphatic rings. The largest absolute Gasteiger partial charge is 0.335 e. The van der Waals surface area contributed by atoms with E-state index in [1.807, 2.05) is 28.5 Å². The number of benzene rings is 1. The van der Waals surface area contributed by atoms with Crippen LogP contribution in [0.4, 0.5) is 0 Å². The summed E-state index contributed by atoms with van der Waals surface area (Å²) in [5.74, 6) is 0.0238. The maximum Gasteiger partial charge on any atom is 0.273 e. The van der Waals surface area contributed by atoms with E-state index < -0.39 is 0 Å². The molecule has 0 radical (unpaired) electrons. The average molecular weight is 364 g/mol. The number of rotatable bonds is 4. The highest BCUT2D eigenvalue weighted by Crippen LogP contribution is 2.23. The Balaban J connectivity index is 1.36. The van der Waals surface area contributed by atoms with Gasteiger partial charge in [0.05, 0.1) is 0 Å². The molecule has 1 amide bonds. The third-order valence-corrected chi connectivity index (χ3v) is 5.43. The van der Waals surface area contributed by atoms with Gasteiger partial charge < -0.3 is 4.90 Å². The van der Waals surface area contributed by atoms with Crippen molar-refractivity contribution in [2.45, 2.75) is 6.54 Å². The molecule has 0 spiro atoms. The minimum atomic E-state index is 0.0238. The third-order valence-electron chi connectivity index (χ3n) is 4.54. The second-order valence-electron chi connectivity index (χ2n) is 6.33. The van der Waals surface area contributed by atoms with E-state index in [0.717, 1.165) is 43.3 Å². The molecule has 132 valence electrons. The van der Waals surface area contributed by atoms with Crippen LogP contribution in [0.3, 0.4) is 0 Å². The summed E-state index contributed by atoms with van der Waals surface area (Å²) in [6.07, 6.45) is 3.51. The van der Waals surface area contributed by atoms with Gasteiger partial charge in [-0.1, -0.05) is 30.3 Å². The Morgan fingerprint density at radius 1 is 1.04 bits per heavy atom. The number of pyridine rings is 1. The van der Waals surface area contributed by atoms with Gasteiger partial charge in [0.2, 0.25) is 0 Å². The summed E-state index contributed by atoms with van der Waals surface area (Å²) in [4.78, 5) is 25.7. The van der Waals surface area contributed by atoms with Crippen LogP contribution in [0.2, 0.25) is 0 Å². The zero-order valence-electron chi connectivity index (χ0n) is 14.4. The van der Waals surface area contributed by atoms with Gasteiger partial charge in [0.25, 0.3) is 5.91 Å². The Morgan fingerprint density at radius 2 is 1.85 bits per heavy atom. The van der Waals surface area contributed by atoms with Crippen molar-refractivity contribution in [2.24, 2.45) is 0 Å². The summed E-state index contributed by atoms with van der Waals surface area (Å²) in [6.45, 7) is 4.20. The smallest absolute Gasteiger partial charge is 0.273 e. The molecule has 3 heterocycles. The quantitative estimate of drug-likeness (QED) is 0.714. The topological polar surface area (TPSA) is 49.3 Å². The van der Waals surface area contributed by atoms with Crippen molar-refractivity contribution in [3.8, 4) is 10.6 Å². The van der Waals surface area contributed by atoms with Crippen molar-refractivity contribution in [2.75, 3.05) is 26.2 Å². The van der Waals surface area contributed by atoms with E-state index in [-0.39, 0.29) is 5.91 Å². The number of carbonyl (C=O) groups is 1. The van der Waals surface area contributed by atoms with Crippen LogP contribution in [-0.4, -0.2) is 51.9 Å². The molecule has 0 unspecified atom stereocenters. The van der Waals surface area contributed by atoms with E-state index in [2.05, 4.69) is 39.1 Å². The molecule has 2 aromatic heterocycles. The number of aromatic nitrogens is 2. The molecule has 1 fully saturated rings. The summed E-state index contributed by atoms with van der Waals surface area (Å²) in [5.41, 5.74) is 2.79. The fraction of sp³-hybridized carbons (Fsp3) is 0.250. The van der Waals surface area contributed by atoms with E-state index in [1.54, 1.807) is 12.4 Å². The fourth-order valence-electron chi connectivity index (χ4n) is 3.11. The molecule has 0 N–H and O–H groups in total. The first kappa shape index (κ1) is 16.9. The Kier molecular flexibility index (Phi) is 5.04. The van der Waals surface area contributed by atoms with Crippen LogP contribution in [-0.2, 0) is 6.54 Å². The molecule has 3 aromatic rings. The summed E-state index contributed by atoms with van der Waals surface area (Å²) in [6, 6.07) is 14.3. The van der Waals surface area contributed by atoms with Gasteiger partial charge in [-0.2, -0.15) is 0 Å². The zero-order chi connectivity index (χ0) is 17.8. The molecule has 0 aliphatic carbocycles. The molecule has 0 atom stereocenters. The molecule has 26 heavy (non-hydrogen) atoms. The van der Waals surface area contributed by atoms with Gasteiger partial charge in [-0.05, 0) is 17.7 Å². The number of hydrogen-bond acceptors (Lipinski definition) is 5. The highest BCUT2D eigenvalue weighted by molar-refractivity contribution is 7.13. The van der Waals surface area contributed by atoms with Crippen LogP contribution in [0.25, 0.3) is 10.6 Å². The Bertz CT molecular complexity index is 858. The first-order valence-corrected chi connectivity index (χ1v) is 9.59. The van der Waals surface area contributed by atoms with Crippen LogP contribution < -0.4 is 0 Å². The van der Waals surface area contributed by atoms with E-state index in [1.165, 1.54) is 16.9 Å². The molecule has 1 aromatic carbocycles. The lowest BCUT2D eigenvalue weighted by Crippen LogP contribution is -2.48. The maximum absolute atomic E-state index is 12.7. The summed E-state index contributed by atoms with van der Waals surface area (Å²) in [5, 5.41) is 2.69. The number of nitrogens with zero attached hydrogens (tertiary/aromatic N) is 4. The van der Waals surface area contributed by atoms with Crippen molar-refractivity contribution in [1.82, 2.24) is 19.8 Å². The van der Waals surface area contributed by atoms with Gasteiger partial charge in [0.15, 0.2) is 0 Å².